The van der Waals surface area contributed by atoms with Gasteiger partial charge in [-0.25, -0.2) is 8.78 Å². The first-order valence-corrected chi connectivity index (χ1v) is 4.75. The average Bonchev–Trinajstić information content (AvgIpc) is 2.58. The van der Waals surface area contributed by atoms with E-state index < -0.39 is 11.6 Å². The number of rotatable bonds is 1. The highest BCUT2D eigenvalue weighted by Crippen LogP contribution is 2.29. The molecule has 0 unspecified atom stereocenters. The normalized spacial score (nSPS) is 10.8. The van der Waals surface area contributed by atoms with E-state index in [-0.39, 0.29) is 11.1 Å². The maximum atomic E-state index is 13.8. The van der Waals surface area contributed by atoms with E-state index in [1.165, 1.54) is 29.9 Å². The molecule has 0 aliphatic carbocycles. The lowest BCUT2D eigenvalue weighted by molar-refractivity contribution is 0.570. The Hall–Kier alpha value is -1.91. The zero-order valence-corrected chi connectivity index (χ0v) is 8.96. The number of anilines is 1. The Morgan fingerprint density at radius 1 is 1.25 bits per heavy atom. The molecular formula is C11H11F2N3. The second kappa shape index (κ2) is 3.59. The highest BCUT2D eigenvalue weighted by atomic mass is 19.1. The molecule has 0 aliphatic heterocycles. The molecular weight excluding hydrogens is 212 g/mol. The molecule has 0 saturated carbocycles. The van der Waals surface area contributed by atoms with Gasteiger partial charge in [0.15, 0.2) is 0 Å². The molecule has 0 bridgehead atoms. The van der Waals surface area contributed by atoms with Gasteiger partial charge >= 0.3 is 0 Å². The van der Waals surface area contributed by atoms with Gasteiger partial charge in [-0.2, -0.15) is 5.10 Å². The van der Waals surface area contributed by atoms with Crippen LogP contribution in [-0.4, -0.2) is 9.78 Å². The van der Waals surface area contributed by atoms with Gasteiger partial charge in [-0.05, 0) is 19.1 Å². The highest BCUT2D eigenvalue weighted by molar-refractivity contribution is 5.74. The van der Waals surface area contributed by atoms with E-state index in [0.717, 1.165) is 0 Å². The van der Waals surface area contributed by atoms with Gasteiger partial charge in [0, 0.05) is 23.7 Å². The molecule has 5 heteroatoms. The van der Waals surface area contributed by atoms with Crippen LogP contribution in [0.3, 0.4) is 0 Å². The van der Waals surface area contributed by atoms with Crippen LogP contribution in [0.25, 0.3) is 11.1 Å². The Balaban J connectivity index is 2.66. The zero-order chi connectivity index (χ0) is 11.9. The Morgan fingerprint density at radius 2 is 1.94 bits per heavy atom. The second-order valence-electron chi connectivity index (χ2n) is 3.60. The first kappa shape index (κ1) is 10.6. The summed E-state index contributed by atoms with van der Waals surface area (Å²) in [6, 6.07) is 2.59. The van der Waals surface area contributed by atoms with E-state index in [0.29, 0.717) is 11.4 Å². The monoisotopic (exact) mass is 223 g/mol. The SMILES string of the molecule is Cc1c(F)ccc(-c2cnn(C)c2N)c1F. The van der Waals surface area contributed by atoms with Gasteiger partial charge in [-0.3, -0.25) is 4.68 Å². The molecule has 0 radical (unpaired) electrons. The van der Waals surface area contributed by atoms with Crippen molar-refractivity contribution in [3.63, 3.8) is 0 Å². The van der Waals surface area contributed by atoms with Gasteiger partial charge in [0.05, 0.1) is 6.20 Å². The van der Waals surface area contributed by atoms with Crippen molar-refractivity contribution in [1.82, 2.24) is 9.78 Å². The molecule has 84 valence electrons. The summed E-state index contributed by atoms with van der Waals surface area (Å²) in [6.07, 6.45) is 1.46. The number of nitrogens with two attached hydrogens (primary N) is 1. The zero-order valence-electron chi connectivity index (χ0n) is 8.96. The molecule has 0 aliphatic rings. The predicted octanol–water partition coefficient (Wildman–Crippen LogP) is 2.26. The Morgan fingerprint density at radius 3 is 2.50 bits per heavy atom. The van der Waals surface area contributed by atoms with Crippen LogP contribution < -0.4 is 5.73 Å². The van der Waals surface area contributed by atoms with Crippen molar-refractivity contribution in [3.05, 3.63) is 35.5 Å². The molecule has 2 rings (SSSR count). The lowest BCUT2D eigenvalue weighted by Gasteiger charge is -2.05. The summed E-state index contributed by atoms with van der Waals surface area (Å²) >= 11 is 0. The standard InChI is InChI=1S/C11H11F2N3/c1-6-9(12)4-3-7(10(6)13)8-5-15-16(2)11(8)14/h3-5H,14H2,1-2H3. The Labute approximate surface area is 91.5 Å². The molecule has 2 aromatic rings. The number of halogens is 2. The van der Waals surface area contributed by atoms with Crippen molar-refractivity contribution in [2.75, 3.05) is 5.73 Å². The first-order chi connectivity index (χ1) is 7.52. The Bertz CT molecular complexity index is 546. The molecule has 1 heterocycles. The van der Waals surface area contributed by atoms with Crippen molar-refractivity contribution in [1.29, 1.82) is 0 Å². The van der Waals surface area contributed by atoms with E-state index in [1.807, 2.05) is 0 Å². The molecule has 1 aromatic carbocycles. The van der Waals surface area contributed by atoms with E-state index in [2.05, 4.69) is 5.10 Å². The number of nitrogens with zero attached hydrogens (tertiary/aromatic N) is 2. The summed E-state index contributed by atoms with van der Waals surface area (Å²) in [4.78, 5) is 0. The third kappa shape index (κ3) is 1.44. The highest BCUT2D eigenvalue weighted by Gasteiger charge is 2.15. The third-order valence-corrected chi connectivity index (χ3v) is 2.60. The quantitative estimate of drug-likeness (QED) is 0.805. The topological polar surface area (TPSA) is 43.8 Å². The van der Waals surface area contributed by atoms with Crippen LogP contribution in [-0.2, 0) is 7.05 Å². The van der Waals surface area contributed by atoms with Crippen LogP contribution >= 0.6 is 0 Å². The lowest BCUT2D eigenvalue weighted by atomic mass is 10.0. The van der Waals surface area contributed by atoms with E-state index in [9.17, 15) is 8.78 Å². The summed E-state index contributed by atoms with van der Waals surface area (Å²) in [5.74, 6) is -0.812. The second-order valence-corrected chi connectivity index (χ2v) is 3.60. The molecule has 3 nitrogen and oxygen atoms in total. The molecule has 0 saturated heterocycles. The largest absolute Gasteiger partial charge is 0.383 e. The molecule has 0 atom stereocenters. The van der Waals surface area contributed by atoms with Crippen LogP contribution in [0.4, 0.5) is 14.6 Å². The maximum absolute atomic E-state index is 13.8. The summed E-state index contributed by atoms with van der Waals surface area (Å²) in [6.45, 7) is 1.39. The minimum atomic E-state index is -0.597. The van der Waals surface area contributed by atoms with Crippen LogP contribution in [0.5, 0.6) is 0 Å². The fourth-order valence-corrected chi connectivity index (χ4v) is 1.52. The molecule has 16 heavy (non-hydrogen) atoms. The average molecular weight is 223 g/mol. The molecule has 0 spiro atoms. The van der Waals surface area contributed by atoms with Crippen molar-refractivity contribution >= 4 is 5.82 Å². The van der Waals surface area contributed by atoms with E-state index >= 15 is 0 Å². The summed E-state index contributed by atoms with van der Waals surface area (Å²) < 4.78 is 28.3. The fourth-order valence-electron chi connectivity index (χ4n) is 1.52. The molecule has 1 aromatic heterocycles. The summed E-state index contributed by atoms with van der Waals surface area (Å²) in [7, 11) is 1.66. The smallest absolute Gasteiger partial charge is 0.137 e. The van der Waals surface area contributed by atoms with Gasteiger partial charge in [-0.1, -0.05) is 0 Å². The van der Waals surface area contributed by atoms with Crippen LogP contribution in [0, 0.1) is 18.6 Å². The van der Waals surface area contributed by atoms with Crippen molar-refractivity contribution < 1.29 is 8.78 Å². The van der Waals surface area contributed by atoms with Gasteiger partial charge in [0.25, 0.3) is 0 Å². The first-order valence-electron chi connectivity index (χ1n) is 4.75. The third-order valence-electron chi connectivity index (χ3n) is 2.60. The van der Waals surface area contributed by atoms with Crippen molar-refractivity contribution in [2.45, 2.75) is 6.92 Å². The van der Waals surface area contributed by atoms with Gasteiger partial charge in [0.1, 0.15) is 17.5 Å². The van der Waals surface area contributed by atoms with Gasteiger partial charge < -0.3 is 5.73 Å². The summed E-state index contributed by atoms with van der Waals surface area (Å²) in [5.41, 5.74) is 6.46. The van der Waals surface area contributed by atoms with Crippen LogP contribution in [0.15, 0.2) is 18.3 Å². The molecule has 2 N–H and O–H groups in total. The van der Waals surface area contributed by atoms with Crippen molar-refractivity contribution in [3.8, 4) is 11.1 Å². The predicted molar refractivity (Wildman–Crippen MR) is 57.7 cm³/mol. The maximum Gasteiger partial charge on any atom is 0.137 e. The van der Waals surface area contributed by atoms with Crippen LogP contribution in [0.1, 0.15) is 5.56 Å². The number of benzene rings is 1. The van der Waals surface area contributed by atoms with Crippen molar-refractivity contribution in [2.24, 2.45) is 7.05 Å². The van der Waals surface area contributed by atoms with E-state index in [4.69, 9.17) is 5.73 Å². The number of aryl methyl sites for hydroxylation is 1. The number of hydrogen-bond donors (Lipinski definition) is 1. The fraction of sp³-hybridized carbons (Fsp3) is 0.182. The van der Waals surface area contributed by atoms with Gasteiger partial charge in [-0.15, -0.1) is 0 Å². The minimum Gasteiger partial charge on any atom is -0.383 e. The van der Waals surface area contributed by atoms with Gasteiger partial charge in [0.2, 0.25) is 0 Å². The molecule has 0 fully saturated rings. The summed E-state index contributed by atoms with van der Waals surface area (Å²) in [5, 5.41) is 3.92. The molecule has 0 amide bonds. The number of nitrogen functional groups attached to an aromatic ring is 1. The number of aromatic nitrogens is 2. The Kier molecular flexibility index (Phi) is 2.38. The minimum absolute atomic E-state index is 0.0132. The van der Waals surface area contributed by atoms with E-state index in [1.54, 1.807) is 7.05 Å². The lowest BCUT2D eigenvalue weighted by Crippen LogP contribution is -1.99. The van der Waals surface area contributed by atoms with Crippen LogP contribution in [0.2, 0.25) is 0 Å². The number of hydrogen-bond acceptors (Lipinski definition) is 2.